The maximum Gasteiger partial charge on any atom is 0.141 e. The molecule has 1 aliphatic rings. The van der Waals surface area contributed by atoms with Crippen molar-refractivity contribution in [3.63, 3.8) is 0 Å². The largest absolute Gasteiger partial charge is 0.394 e. The topological polar surface area (TPSA) is 114 Å². The van der Waals surface area contributed by atoms with Crippen LogP contribution in [0.4, 0.5) is 8.78 Å². The minimum absolute atomic E-state index is 0.125. The first-order valence-corrected chi connectivity index (χ1v) is 11.3. The Balaban J connectivity index is 1.64. The Labute approximate surface area is 198 Å². The zero-order valence-corrected chi connectivity index (χ0v) is 19.2. The van der Waals surface area contributed by atoms with Crippen molar-refractivity contribution in [2.45, 2.75) is 34.7 Å². The first-order valence-electron chi connectivity index (χ1n) is 9.25. The van der Waals surface area contributed by atoms with Gasteiger partial charge in [-0.2, -0.15) is 0 Å². The lowest BCUT2D eigenvalue weighted by Crippen LogP contribution is -2.55. The lowest BCUT2D eigenvalue weighted by atomic mass is 9.97. The molecule has 0 amide bonds. The number of benzene rings is 1. The quantitative estimate of drug-likeness (QED) is 0.417. The smallest absolute Gasteiger partial charge is 0.141 e. The number of aliphatic hydroxyl groups excluding tert-OH is 3. The van der Waals surface area contributed by atoms with Crippen LogP contribution in [0.25, 0.3) is 11.3 Å². The number of pyridine rings is 1. The summed E-state index contributed by atoms with van der Waals surface area (Å²) in [7, 11) is 0. The number of aliphatic hydroxyl groups is 3. The number of ether oxygens (including phenoxy) is 1. The van der Waals surface area contributed by atoms with Crippen LogP contribution in [0.1, 0.15) is 6.04 Å². The Bertz CT molecular complexity index is 1100. The van der Waals surface area contributed by atoms with E-state index in [9.17, 15) is 24.1 Å². The summed E-state index contributed by atoms with van der Waals surface area (Å²) in [6, 6.07) is 2.74. The van der Waals surface area contributed by atoms with E-state index in [-0.39, 0.29) is 15.7 Å². The maximum atomic E-state index is 13.9. The summed E-state index contributed by atoms with van der Waals surface area (Å²) in [5, 5.41) is 39.5. The minimum atomic E-state index is -1.34. The van der Waals surface area contributed by atoms with Crippen LogP contribution in [0.5, 0.6) is 0 Å². The average Bonchev–Trinajstić information content (AvgIpc) is 3.23. The van der Waals surface area contributed by atoms with Gasteiger partial charge >= 0.3 is 0 Å². The fourth-order valence-electron chi connectivity index (χ4n) is 3.33. The van der Waals surface area contributed by atoms with Crippen molar-refractivity contribution >= 4 is 39.3 Å². The van der Waals surface area contributed by atoms with E-state index >= 15 is 0 Å². The summed E-state index contributed by atoms with van der Waals surface area (Å²) in [6.07, 6.45) is 0.689. The molecule has 1 aliphatic heterocycles. The first kappa shape index (κ1) is 23.5. The predicted octanol–water partition coefficient (Wildman–Crippen LogP) is 2.81. The number of aromatic nitrogens is 4. The number of rotatable bonds is 5. The summed E-state index contributed by atoms with van der Waals surface area (Å²) in [6.45, 7) is -0.514. The van der Waals surface area contributed by atoms with E-state index < -0.39 is 48.0 Å². The van der Waals surface area contributed by atoms with E-state index in [0.717, 1.165) is 23.9 Å². The zero-order valence-electron chi connectivity index (χ0n) is 16.0. The molecule has 170 valence electrons. The Morgan fingerprint density at radius 2 is 1.88 bits per heavy atom. The number of hydrogen-bond donors (Lipinski definition) is 3. The molecule has 0 aliphatic carbocycles. The van der Waals surface area contributed by atoms with E-state index in [1.807, 2.05) is 0 Å². The third kappa shape index (κ3) is 4.67. The van der Waals surface area contributed by atoms with Crippen molar-refractivity contribution in [3.05, 3.63) is 57.9 Å². The lowest BCUT2D eigenvalue weighted by molar-refractivity contribution is -0.178. The second kappa shape index (κ2) is 9.67. The summed E-state index contributed by atoms with van der Waals surface area (Å²) >= 11 is 9.88. The zero-order chi connectivity index (χ0) is 23.0. The first-order chi connectivity index (χ1) is 15.3. The van der Waals surface area contributed by atoms with Crippen molar-refractivity contribution < 1.29 is 28.8 Å². The van der Waals surface area contributed by atoms with Gasteiger partial charge in [-0.15, -0.1) is 5.10 Å². The van der Waals surface area contributed by atoms with Gasteiger partial charge in [-0.25, -0.2) is 13.5 Å². The highest BCUT2D eigenvalue weighted by atomic mass is 79.9. The molecule has 0 radical (unpaired) electrons. The Morgan fingerprint density at radius 1 is 1.16 bits per heavy atom. The molecule has 1 aromatic carbocycles. The van der Waals surface area contributed by atoms with Gasteiger partial charge in [0, 0.05) is 22.9 Å². The highest BCUT2D eigenvalue weighted by molar-refractivity contribution is 9.10. The Kier molecular flexibility index (Phi) is 7.10. The molecule has 3 heterocycles. The van der Waals surface area contributed by atoms with Crippen molar-refractivity contribution in [2.75, 3.05) is 6.61 Å². The van der Waals surface area contributed by atoms with E-state index in [4.69, 9.17) is 16.3 Å². The number of nitrogens with zero attached hydrogens (tertiary/aromatic N) is 4. The van der Waals surface area contributed by atoms with E-state index in [0.29, 0.717) is 9.92 Å². The van der Waals surface area contributed by atoms with Gasteiger partial charge in [-0.3, -0.25) is 4.98 Å². The average molecular weight is 550 g/mol. The molecule has 13 heteroatoms. The Morgan fingerprint density at radius 3 is 2.53 bits per heavy atom. The molecule has 5 atom stereocenters. The number of halogens is 4. The van der Waals surface area contributed by atoms with Crippen molar-refractivity contribution in [1.82, 2.24) is 20.0 Å². The van der Waals surface area contributed by atoms with Crippen LogP contribution in [-0.2, 0) is 4.74 Å². The summed E-state index contributed by atoms with van der Waals surface area (Å²) < 4.78 is 34.4. The van der Waals surface area contributed by atoms with Crippen LogP contribution >= 0.6 is 39.3 Å². The molecule has 0 bridgehead atoms. The molecule has 0 spiro atoms. The van der Waals surface area contributed by atoms with Crippen LogP contribution in [0.15, 0.2) is 46.2 Å². The van der Waals surface area contributed by atoms with E-state index in [1.165, 1.54) is 23.3 Å². The minimum Gasteiger partial charge on any atom is -0.394 e. The molecule has 4 rings (SSSR count). The molecular formula is C19H16BrClF2N4O4S. The van der Waals surface area contributed by atoms with Crippen LogP contribution in [0, 0.1) is 11.6 Å². The van der Waals surface area contributed by atoms with Gasteiger partial charge in [-0.05, 0) is 34.1 Å². The van der Waals surface area contributed by atoms with Crippen LogP contribution < -0.4 is 0 Å². The fraction of sp³-hybridized carbons (Fsp3) is 0.316. The maximum absolute atomic E-state index is 13.9. The van der Waals surface area contributed by atoms with Crippen molar-refractivity contribution in [1.29, 1.82) is 0 Å². The highest BCUT2D eigenvalue weighted by Crippen LogP contribution is 2.38. The molecule has 4 unspecified atom stereocenters. The lowest BCUT2D eigenvalue weighted by Gasteiger charge is -2.41. The van der Waals surface area contributed by atoms with Gasteiger partial charge < -0.3 is 20.1 Å². The van der Waals surface area contributed by atoms with Gasteiger partial charge in [0.05, 0.1) is 22.3 Å². The fourth-order valence-corrected chi connectivity index (χ4v) is 4.88. The number of thioether (sulfide) groups is 1. The normalized spacial score (nSPS) is 25.8. The molecular weight excluding hydrogens is 534 g/mol. The number of hydrogen-bond acceptors (Lipinski definition) is 8. The van der Waals surface area contributed by atoms with Gasteiger partial charge in [0.15, 0.2) is 0 Å². The van der Waals surface area contributed by atoms with Crippen LogP contribution in [0.2, 0.25) is 5.02 Å². The molecule has 1 fully saturated rings. The van der Waals surface area contributed by atoms with Gasteiger partial charge in [-0.1, -0.05) is 28.6 Å². The van der Waals surface area contributed by atoms with Gasteiger partial charge in [0.25, 0.3) is 0 Å². The standard InChI is InChI=1S/C19H16BrClF2N4O4S/c20-15-11(22)1-8(2-12(15)23)13-6-27(26-25-13)16-17(29)14(7-28)31-19(18(16)30)32-10-3-9(21)4-24-5-10/h1-6,14,16-19,28-30H,7H2/t14?,16?,17?,18-,19?/m0/s1. The molecule has 3 N–H and O–H groups in total. The van der Waals surface area contributed by atoms with E-state index in [2.05, 4.69) is 31.2 Å². The molecule has 8 nitrogen and oxygen atoms in total. The van der Waals surface area contributed by atoms with E-state index in [1.54, 1.807) is 6.07 Å². The van der Waals surface area contributed by atoms with Crippen LogP contribution in [0.3, 0.4) is 0 Å². The SMILES string of the molecule is OCC1OC(Sc2cncc(Cl)c2)[C@@H](O)C(n2cc(-c3cc(F)c(Br)c(F)c3)nn2)C1O. The summed E-state index contributed by atoms with van der Waals surface area (Å²) in [5.74, 6) is -1.62. The second-order valence-corrected chi connectivity index (χ2v) is 9.39. The van der Waals surface area contributed by atoms with Crippen molar-refractivity contribution in [3.8, 4) is 11.3 Å². The summed E-state index contributed by atoms with van der Waals surface area (Å²) in [5.41, 5.74) is -0.652. The van der Waals surface area contributed by atoms with Gasteiger partial charge in [0.2, 0.25) is 0 Å². The Hall–Kier alpha value is -1.67. The molecule has 32 heavy (non-hydrogen) atoms. The highest BCUT2D eigenvalue weighted by Gasteiger charge is 2.46. The monoisotopic (exact) mass is 548 g/mol. The third-order valence-electron chi connectivity index (χ3n) is 4.88. The van der Waals surface area contributed by atoms with Crippen molar-refractivity contribution in [2.24, 2.45) is 0 Å². The molecule has 0 saturated carbocycles. The molecule has 1 saturated heterocycles. The van der Waals surface area contributed by atoms with Gasteiger partial charge in [0.1, 0.15) is 47.1 Å². The molecule has 3 aromatic rings. The molecule has 2 aromatic heterocycles. The summed E-state index contributed by atoms with van der Waals surface area (Å²) in [4.78, 5) is 4.59. The van der Waals surface area contributed by atoms with Crippen LogP contribution in [-0.4, -0.2) is 65.7 Å². The third-order valence-corrected chi connectivity index (χ3v) is 6.96. The second-order valence-electron chi connectivity index (χ2n) is 6.99. The predicted molar refractivity (Wildman–Crippen MR) is 115 cm³/mol.